The Bertz CT molecular complexity index is 1080. The van der Waals surface area contributed by atoms with Crippen LogP contribution in [-0.2, 0) is 6.54 Å². The van der Waals surface area contributed by atoms with Gasteiger partial charge in [0.1, 0.15) is 22.8 Å². The van der Waals surface area contributed by atoms with Crippen LogP contribution in [-0.4, -0.2) is 63.2 Å². The monoisotopic (exact) mass is 424 g/mol. The van der Waals surface area contributed by atoms with E-state index in [4.69, 9.17) is 18.6 Å². The average molecular weight is 424 g/mol. The molecule has 1 aliphatic heterocycles. The Hall–Kier alpha value is -3.19. The van der Waals surface area contributed by atoms with Crippen LogP contribution in [0, 0.1) is 6.92 Å². The molecule has 0 saturated carbocycles. The van der Waals surface area contributed by atoms with E-state index < -0.39 is 0 Å². The standard InChI is InChI=1S/C24H28N2O5/c1-16-20-14-19(29-3)6-8-22(20)31-23(16)24(27)26-11-9-25(10-12-26)15-17-13-18(28-2)5-7-21(17)30-4/h5-8,13-14H,9-12,15H2,1-4H3. The summed E-state index contributed by atoms with van der Waals surface area (Å²) >= 11 is 0. The van der Waals surface area contributed by atoms with Gasteiger partial charge in [0.25, 0.3) is 5.91 Å². The molecule has 0 radical (unpaired) electrons. The highest BCUT2D eigenvalue weighted by atomic mass is 16.5. The van der Waals surface area contributed by atoms with Crippen molar-refractivity contribution in [2.75, 3.05) is 47.5 Å². The van der Waals surface area contributed by atoms with Crippen LogP contribution in [0.4, 0.5) is 0 Å². The molecular formula is C24H28N2O5. The molecule has 3 aromatic rings. The maximum atomic E-state index is 13.1. The highest BCUT2D eigenvalue weighted by molar-refractivity contribution is 5.99. The molecule has 1 aliphatic rings. The predicted molar refractivity (Wildman–Crippen MR) is 118 cm³/mol. The van der Waals surface area contributed by atoms with Crippen LogP contribution >= 0.6 is 0 Å². The Morgan fingerprint density at radius 2 is 1.61 bits per heavy atom. The minimum Gasteiger partial charge on any atom is -0.497 e. The number of amides is 1. The van der Waals surface area contributed by atoms with Gasteiger partial charge in [0.05, 0.1) is 21.3 Å². The summed E-state index contributed by atoms with van der Waals surface area (Å²) in [6.07, 6.45) is 0. The van der Waals surface area contributed by atoms with E-state index >= 15 is 0 Å². The molecule has 2 heterocycles. The van der Waals surface area contributed by atoms with Gasteiger partial charge in [0.2, 0.25) is 0 Å². The largest absolute Gasteiger partial charge is 0.497 e. The van der Waals surface area contributed by atoms with Crippen molar-refractivity contribution in [2.45, 2.75) is 13.5 Å². The second kappa shape index (κ2) is 8.89. The zero-order valence-corrected chi connectivity index (χ0v) is 18.4. The average Bonchev–Trinajstić information content (AvgIpc) is 3.14. The normalized spacial score (nSPS) is 14.6. The van der Waals surface area contributed by atoms with Crippen molar-refractivity contribution in [3.05, 3.63) is 53.3 Å². The van der Waals surface area contributed by atoms with Crippen molar-refractivity contribution in [3.63, 3.8) is 0 Å². The number of ether oxygens (including phenoxy) is 3. The van der Waals surface area contributed by atoms with Crippen LogP contribution in [0.15, 0.2) is 40.8 Å². The lowest BCUT2D eigenvalue weighted by atomic mass is 10.1. The van der Waals surface area contributed by atoms with Gasteiger partial charge < -0.3 is 23.5 Å². The lowest BCUT2D eigenvalue weighted by Gasteiger charge is -2.34. The minimum absolute atomic E-state index is 0.0636. The van der Waals surface area contributed by atoms with Crippen molar-refractivity contribution in [2.24, 2.45) is 0 Å². The maximum Gasteiger partial charge on any atom is 0.289 e. The van der Waals surface area contributed by atoms with Gasteiger partial charge in [-0.15, -0.1) is 0 Å². The molecule has 0 unspecified atom stereocenters. The molecule has 7 heteroatoms. The van der Waals surface area contributed by atoms with Gasteiger partial charge in [0, 0.05) is 49.2 Å². The van der Waals surface area contributed by atoms with E-state index in [0.717, 1.165) is 53.4 Å². The van der Waals surface area contributed by atoms with Gasteiger partial charge in [-0.05, 0) is 43.3 Å². The number of hydrogen-bond donors (Lipinski definition) is 0. The fourth-order valence-corrected chi connectivity index (χ4v) is 4.03. The van der Waals surface area contributed by atoms with Gasteiger partial charge in [-0.2, -0.15) is 0 Å². The fraction of sp³-hybridized carbons (Fsp3) is 0.375. The third-order valence-electron chi connectivity index (χ3n) is 5.88. The zero-order chi connectivity index (χ0) is 22.0. The maximum absolute atomic E-state index is 13.1. The van der Waals surface area contributed by atoms with Crippen LogP contribution in [0.25, 0.3) is 11.0 Å². The summed E-state index contributed by atoms with van der Waals surface area (Å²) in [4.78, 5) is 17.3. The number of hydrogen-bond acceptors (Lipinski definition) is 6. The van der Waals surface area contributed by atoms with Gasteiger partial charge in [-0.25, -0.2) is 0 Å². The molecule has 0 N–H and O–H groups in total. The Labute approximate surface area is 182 Å². The smallest absolute Gasteiger partial charge is 0.289 e. The van der Waals surface area contributed by atoms with Crippen LogP contribution in [0.3, 0.4) is 0 Å². The molecule has 31 heavy (non-hydrogen) atoms. The molecule has 1 saturated heterocycles. The molecule has 7 nitrogen and oxygen atoms in total. The van der Waals surface area contributed by atoms with E-state index in [0.29, 0.717) is 24.4 Å². The van der Waals surface area contributed by atoms with E-state index in [-0.39, 0.29) is 5.91 Å². The van der Waals surface area contributed by atoms with Crippen LogP contribution < -0.4 is 14.2 Å². The fourth-order valence-electron chi connectivity index (χ4n) is 4.03. The van der Waals surface area contributed by atoms with E-state index in [2.05, 4.69) is 4.90 Å². The number of rotatable bonds is 6. The Morgan fingerprint density at radius 1 is 0.935 bits per heavy atom. The molecule has 0 bridgehead atoms. The molecule has 0 aliphatic carbocycles. The number of nitrogens with zero attached hydrogens (tertiary/aromatic N) is 2. The first-order chi connectivity index (χ1) is 15.0. The van der Waals surface area contributed by atoms with E-state index in [1.54, 1.807) is 21.3 Å². The topological polar surface area (TPSA) is 64.4 Å². The molecule has 2 aromatic carbocycles. The third-order valence-corrected chi connectivity index (χ3v) is 5.88. The van der Waals surface area contributed by atoms with Gasteiger partial charge in [0.15, 0.2) is 5.76 Å². The highest BCUT2D eigenvalue weighted by Crippen LogP contribution is 2.30. The summed E-state index contributed by atoms with van der Waals surface area (Å²) in [5.41, 5.74) is 2.62. The molecular weight excluding hydrogens is 396 g/mol. The Kier molecular flexibility index (Phi) is 6.04. The molecule has 4 rings (SSSR count). The van der Waals surface area contributed by atoms with E-state index in [1.807, 2.05) is 48.2 Å². The lowest BCUT2D eigenvalue weighted by Crippen LogP contribution is -2.48. The molecule has 0 atom stereocenters. The summed E-state index contributed by atoms with van der Waals surface area (Å²) < 4.78 is 22.0. The number of carbonyl (C=O) groups excluding carboxylic acids is 1. The molecule has 164 valence electrons. The summed E-state index contributed by atoms with van der Waals surface area (Å²) in [5.74, 6) is 2.74. The van der Waals surface area contributed by atoms with Crippen molar-refractivity contribution in [1.29, 1.82) is 0 Å². The summed E-state index contributed by atoms with van der Waals surface area (Å²) in [5, 5.41) is 0.909. The number of piperazine rings is 1. The summed E-state index contributed by atoms with van der Waals surface area (Å²) in [6.45, 7) is 5.50. The van der Waals surface area contributed by atoms with Crippen molar-refractivity contribution >= 4 is 16.9 Å². The van der Waals surface area contributed by atoms with Crippen LogP contribution in [0.5, 0.6) is 17.2 Å². The number of furan rings is 1. The quantitative estimate of drug-likeness (QED) is 0.601. The van der Waals surface area contributed by atoms with Crippen LogP contribution in [0.1, 0.15) is 21.7 Å². The molecule has 1 amide bonds. The van der Waals surface area contributed by atoms with Gasteiger partial charge in [-0.1, -0.05) is 0 Å². The van der Waals surface area contributed by atoms with E-state index in [9.17, 15) is 4.79 Å². The number of methoxy groups -OCH3 is 3. The van der Waals surface area contributed by atoms with Gasteiger partial charge in [-0.3, -0.25) is 9.69 Å². The van der Waals surface area contributed by atoms with E-state index in [1.165, 1.54) is 0 Å². The number of benzene rings is 2. The number of fused-ring (bicyclic) bond motifs is 1. The first-order valence-electron chi connectivity index (χ1n) is 10.3. The van der Waals surface area contributed by atoms with Crippen molar-refractivity contribution < 1.29 is 23.4 Å². The number of carbonyl (C=O) groups is 1. The number of aryl methyl sites for hydroxylation is 1. The Balaban J connectivity index is 1.44. The molecule has 0 spiro atoms. The van der Waals surface area contributed by atoms with Crippen molar-refractivity contribution in [1.82, 2.24) is 9.80 Å². The minimum atomic E-state index is -0.0636. The summed E-state index contributed by atoms with van der Waals surface area (Å²) in [7, 11) is 4.96. The zero-order valence-electron chi connectivity index (χ0n) is 18.4. The molecule has 1 aromatic heterocycles. The lowest BCUT2D eigenvalue weighted by molar-refractivity contribution is 0.0598. The van der Waals surface area contributed by atoms with Crippen molar-refractivity contribution in [3.8, 4) is 17.2 Å². The molecule has 1 fully saturated rings. The predicted octanol–water partition coefficient (Wildman–Crippen LogP) is 3.73. The SMILES string of the molecule is COc1ccc(OC)c(CN2CCN(C(=O)c3oc4ccc(OC)cc4c3C)CC2)c1. The first-order valence-corrected chi connectivity index (χ1v) is 10.3. The highest BCUT2D eigenvalue weighted by Gasteiger charge is 2.27. The second-order valence-electron chi connectivity index (χ2n) is 7.66. The van der Waals surface area contributed by atoms with Gasteiger partial charge >= 0.3 is 0 Å². The third kappa shape index (κ3) is 4.18. The first kappa shape index (κ1) is 21.1. The summed E-state index contributed by atoms with van der Waals surface area (Å²) in [6, 6.07) is 11.4. The van der Waals surface area contributed by atoms with Crippen LogP contribution in [0.2, 0.25) is 0 Å². The second-order valence-corrected chi connectivity index (χ2v) is 7.66. The Morgan fingerprint density at radius 3 is 2.29 bits per heavy atom.